The number of carbonyl (C=O) groups excluding carboxylic acids is 1. The van der Waals surface area contributed by atoms with Crippen LogP contribution in [0.15, 0.2) is 24.9 Å². The molecule has 18 heavy (non-hydrogen) atoms. The van der Waals surface area contributed by atoms with Crippen LogP contribution in [-0.4, -0.2) is 55.1 Å². The number of rotatable bonds is 2. The third-order valence-corrected chi connectivity index (χ3v) is 3.28. The van der Waals surface area contributed by atoms with Crippen LogP contribution in [0.5, 0.6) is 0 Å². The van der Waals surface area contributed by atoms with E-state index in [1.165, 1.54) is 0 Å². The molecule has 5 nitrogen and oxygen atoms in total. The fourth-order valence-electron chi connectivity index (χ4n) is 2.10. The largest absolute Gasteiger partial charge is 0.327 e. The summed E-state index contributed by atoms with van der Waals surface area (Å²) >= 11 is 0. The summed E-state index contributed by atoms with van der Waals surface area (Å²) in [6, 6.07) is 0.521. The van der Waals surface area contributed by atoms with E-state index in [1.54, 1.807) is 18.0 Å². The van der Waals surface area contributed by atoms with Crippen molar-refractivity contribution < 1.29 is 4.79 Å². The van der Waals surface area contributed by atoms with Crippen molar-refractivity contribution in [3.63, 3.8) is 0 Å². The van der Waals surface area contributed by atoms with Gasteiger partial charge in [0.25, 0.3) is 0 Å². The second-order valence-electron chi connectivity index (χ2n) is 4.54. The monoisotopic (exact) mass is 252 g/mol. The highest BCUT2D eigenvalue weighted by molar-refractivity contribution is 5.79. The van der Waals surface area contributed by atoms with E-state index in [9.17, 15) is 4.79 Å². The zero-order chi connectivity index (χ0) is 13.5. The van der Waals surface area contributed by atoms with E-state index in [-0.39, 0.29) is 6.03 Å². The Morgan fingerprint density at radius 2 is 2.06 bits per heavy atom. The van der Waals surface area contributed by atoms with E-state index < -0.39 is 0 Å². The molecule has 2 saturated heterocycles. The number of hydrogen-bond acceptors (Lipinski definition) is 3. The summed E-state index contributed by atoms with van der Waals surface area (Å²) in [5.74, 6) is 0. The first-order valence-electron chi connectivity index (χ1n) is 6.35. The predicted molar refractivity (Wildman–Crippen MR) is 74.1 cm³/mol. The van der Waals surface area contributed by atoms with E-state index in [1.807, 2.05) is 4.90 Å². The molecule has 0 bridgehead atoms. The van der Waals surface area contributed by atoms with E-state index >= 15 is 0 Å². The molecular weight excluding hydrogens is 228 g/mol. The molecule has 0 unspecified atom stereocenters. The number of carbonyl (C=O) groups is 1. The van der Waals surface area contributed by atoms with Gasteiger partial charge in [0.05, 0.1) is 6.54 Å². The van der Waals surface area contributed by atoms with Gasteiger partial charge in [-0.2, -0.15) is 0 Å². The maximum atomic E-state index is 11.8. The van der Waals surface area contributed by atoms with Crippen molar-refractivity contribution >= 4 is 6.03 Å². The first-order chi connectivity index (χ1) is 8.61. The van der Waals surface area contributed by atoms with Crippen molar-refractivity contribution in [1.29, 1.82) is 0 Å². The number of likely N-dealkylation sites (N-methyl/N-ethyl adjacent to an activating group) is 1. The van der Waals surface area contributed by atoms with Crippen LogP contribution < -0.4 is 11.1 Å². The molecule has 0 aromatic heterocycles. The van der Waals surface area contributed by atoms with Crippen molar-refractivity contribution in [2.75, 3.05) is 33.2 Å². The number of piperidine rings is 1. The third kappa shape index (κ3) is 3.58. The standard InChI is InChI=1S/C10H17N3O.C3H7N/c1-8-7-13(10(14)12(8)2)9-3-5-11-6-4-9;1-2-3-4/h9,11H,1,3-7H2,2H3;2H,1,3-4H2. The van der Waals surface area contributed by atoms with Crippen LogP contribution in [0.2, 0.25) is 0 Å². The molecule has 0 spiro atoms. The van der Waals surface area contributed by atoms with Crippen LogP contribution in [0.25, 0.3) is 0 Å². The van der Waals surface area contributed by atoms with Gasteiger partial charge in [0, 0.05) is 25.3 Å². The number of amides is 2. The smallest absolute Gasteiger partial charge is 0.324 e. The summed E-state index contributed by atoms with van der Waals surface area (Å²) in [5, 5.41) is 3.30. The van der Waals surface area contributed by atoms with Crippen LogP contribution >= 0.6 is 0 Å². The lowest BCUT2D eigenvalue weighted by Gasteiger charge is -2.30. The highest BCUT2D eigenvalue weighted by Crippen LogP contribution is 2.22. The van der Waals surface area contributed by atoms with Gasteiger partial charge in [0.1, 0.15) is 0 Å². The summed E-state index contributed by atoms with van der Waals surface area (Å²) in [6.07, 6.45) is 3.78. The first-order valence-corrected chi connectivity index (χ1v) is 6.35. The maximum Gasteiger partial charge on any atom is 0.324 e. The van der Waals surface area contributed by atoms with Gasteiger partial charge in [-0.15, -0.1) is 6.58 Å². The summed E-state index contributed by atoms with van der Waals surface area (Å²) < 4.78 is 0. The quantitative estimate of drug-likeness (QED) is 0.713. The number of nitrogens with two attached hydrogens (primary N) is 1. The molecule has 3 N–H and O–H groups in total. The Kier molecular flexibility index (Phi) is 5.88. The van der Waals surface area contributed by atoms with Crippen LogP contribution in [0.4, 0.5) is 4.79 Å². The van der Waals surface area contributed by atoms with Gasteiger partial charge in [-0.3, -0.25) is 4.90 Å². The minimum absolute atomic E-state index is 0.113. The van der Waals surface area contributed by atoms with Gasteiger partial charge in [-0.05, 0) is 25.9 Å². The molecular formula is C13H24N4O. The first kappa shape index (κ1) is 14.7. The zero-order valence-electron chi connectivity index (χ0n) is 11.2. The molecule has 0 atom stereocenters. The highest BCUT2D eigenvalue weighted by Gasteiger charge is 2.34. The van der Waals surface area contributed by atoms with Crippen molar-refractivity contribution in [1.82, 2.24) is 15.1 Å². The summed E-state index contributed by atoms with van der Waals surface area (Å²) in [4.78, 5) is 15.4. The molecule has 5 heteroatoms. The Morgan fingerprint density at radius 1 is 1.50 bits per heavy atom. The Bertz CT molecular complexity index is 310. The maximum absolute atomic E-state index is 11.8. The van der Waals surface area contributed by atoms with Crippen LogP contribution in [0.1, 0.15) is 12.8 Å². The lowest BCUT2D eigenvalue weighted by Crippen LogP contribution is -2.44. The van der Waals surface area contributed by atoms with E-state index in [0.717, 1.165) is 31.6 Å². The molecule has 2 aliphatic rings. The molecule has 0 aromatic rings. The molecule has 2 amide bonds. The van der Waals surface area contributed by atoms with Gasteiger partial charge in [-0.1, -0.05) is 12.7 Å². The number of nitrogens with one attached hydrogen (secondary N) is 1. The van der Waals surface area contributed by atoms with Gasteiger partial charge < -0.3 is 16.0 Å². The fourth-order valence-corrected chi connectivity index (χ4v) is 2.10. The minimum atomic E-state index is 0.113. The molecule has 2 aliphatic heterocycles. The summed E-state index contributed by atoms with van der Waals surface area (Å²) in [7, 11) is 1.80. The lowest BCUT2D eigenvalue weighted by molar-refractivity contribution is 0.170. The molecule has 0 aliphatic carbocycles. The van der Waals surface area contributed by atoms with Gasteiger partial charge in [-0.25, -0.2) is 4.79 Å². The lowest BCUT2D eigenvalue weighted by atomic mass is 10.1. The summed E-state index contributed by atoms with van der Waals surface area (Å²) in [6.45, 7) is 10.6. The molecule has 0 aromatic carbocycles. The normalized spacial score (nSPS) is 20.8. The van der Waals surface area contributed by atoms with Crippen molar-refractivity contribution in [2.24, 2.45) is 5.73 Å². The second-order valence-corrected chi connectivity index (χ2v) is 4.54. The SMILES string of the molecule is C=C1CN(C2CCNCC2)C(=O)N1C.C=CCN. The molecule has 2 fully saturated rings. The Morgan fingerprint density at radius 3 is 2.44 bits per heavy atom. The van der Waals surface area contributed by atoms with Gasteiger partial charge >= 0.3 is 6.03 Å². The van der Waals surface area contributed by atoms with E-state index in [0.29, 0.717) is 19.1 Å². The van der Waals surface area contributed by atoms with Gasteiger partial charge in [0.2, 0.25) is 0 Å². The van der Waals surface area contributed by atoms with Crippen molar-refractivity contribution in [3.05, 3.63) is 24.9 Å². The fraction of sp³-hybridized carbons (Fsp3) is 0.615. The Labute approximate surface area is 109 Å². The topological polar surface area (TPSA) is 61.6 Å². The van der Waals surface area contributed by atoms with E-state index in [4.69, 9.17) is 5.73 Å². The molecule has 2 heterocycles. The minimum Gasteiger partial charge on any atom is -0.327 e. The molecule has 0 saturated carbocycles. The molecule has 2 rings (SSSR count). The number of urea groups is 1. The zero-order valence-corrected chi connectivity index (χ0v) is 11.2. The number of nitrogens with zero attached hydrogens (tertiary/aromatic N) is 2. The van der Waals surface area contributed by atoms with Crippen molar-refractivity contribution in [3.8, 4) is 0 Å². The predicted octanol–water partition coefficient (Wildman–Crippen LogP) is 0.751. The van der Waals surface area contributed by atoms with Crippen molar-refractivity contribution in [2.45, 2.75) is 18.9 Å². The molecule has 0 radical (unpaired) electrons. The summed E-state index contributed by atoms with van der Waals surface area (Å²) in [5.41, 5.74) is 5.82. The average Bonchev–Trinajstić information content (AvgIpc) is 2.68. The average molecular weight is 252 g/mol. The van der Waals surface area contributed by atoms with E-state index in [2.05, 4.69) is 18.5 Å². The van der Waals surface area contributed by atoms with Crippen LogP contribution in [-0.2, 0) is 0 Å². The van der Waals surface area contributed by atoms with Crippen LogP contribution in [0, 0.1) is 0 Å². The molecule has 102 valence electrons. The number of hydrogen-bond donors (Lipinski definition) is 2. The Balaban J connectivity index is 0.000000357. The highest BCUT2D eigenvalue weighted by atomic mass is 16.2. The second kappa shape index (κ2) is 7.18. The Hall–Kier alpha value is -1.33. The van der Waals surface area contributed by atoms with Gasteiger partial charge in [0.15, 0.2) is 0 Å². The van der Waals surface area contributed by atoms with Crippen LogP contribution in [0.3, 0.4) is 0 Å². The third-order valence-electron chi connectivity index (χ3n) is 3.28.